The molecular weight excluding hydrogens is 397 g/mol. The van der Waals surface area contributed by atoms with Crippen molar-refractivity contribution in [3.8, 4) is 0 Å². The van der Waals surface area contributed by atoms with E-state index >= 15 is 0 Å². The maximum atomic E-state index is 12.5. The van der Waals surface area contributed by atoms with Crippen molar-refractivity contribution in [2.45, 2.75) is 26.3 Å². The fourth-order valence-electron chi connectivity index (χ4n) is 3.91. The van der Waals surface area contributed by atoms with E-state index < -0.39 is 0 Å². The number of hydrogen-bond acceptors (Lipinski definition) is 5. The third kappa shape index (κ3) is 4.62. The number of nitrogens with one attached hydrogen (secondary N) is 1. The van der Waals surface area contributed by atoms with E-state index in [-0.39, 0.29) is 30.4 Å². The number of aryl methyl sites for hydroxylation is 1. The van der Waals surface area contributed by atoms with Crippen LogP contribution < -0.4 is 15.4 Å². The zero-order chi connectivity index (χ0) is 18.1. The highest BCUT2D eigenvalue weighted by atomic mass is 35.5. The highest BCUT2D eigenvalue weighted by Gasteiger charge is 2.24. The topological polar surface area (TPSA) is 55.5 Å². The summed E-state index contributed by atoms with van der Waals surface area (Å²) < 4.78 is 0. The summed E-state index contributed by atoms with van der Waals surface area (Å²) >= 11 is 0. The van der Waals surface area contributed by atoms with Gasteiger partial charge in [0, 0.05) is 46.3 Å². The minimum Gasteiger partial charge on any atom is -0.359 e. The van der Waals surface area contributed by atoms with E-state index in [1.54, 1.807) is 0 Å². The summed E-state index contributed by atoms with van der Waals surface area (Å²) in [7, 11) is 2.02. The van der Waals surface area contributed by atoms with Gasteiger partial charge in [0.15, 0.2) is 0 Å². The molecule has 1 N–H and O–H groups in total. The lowest BCUT2D eigenvalue weighted by molar-refractivity contribution is 0.248. The zero-order valence-electron chi connectivity index (χ0n) is 16.5. The average Bonchev–Trinajstić information content (AvgIpc) is 2.65. The summed E-state index contributed by atoms with van der Waals surface area (Å²) in [4.78, 5) is 27.0. The Hall–Kier alpha value is -1.76. The van der Waals surface area contributed by atoms with Crippen LogP contribution in [0.5, 0.6) is 0 Å². The molecule has 154 valence electrons. The SMILES string of the molecule is Cc1ccccc1CN1CCN(c2nc3c(c(=O)[nH]2)CCCN3C)CC1.Cl.Cl. The van der Waals surface area contributed by atoms with Crippen LogP contribution >= 0.6 is 24.8 Å². The van der Waals surface area contributed by atoms with Crippen molar-refractivity contribution < 1.29 is 0 Å². The molecule has 0 amide bonds. The first-order valence-corrected chi connectivity index (χ1v) is 9.48. The van der Waals surface area contributed by atoms with Crippen molar-refractivity contribution in [1.82, 2.24) is 14.9 Å². The Morgan fingerprint density at radius 3 is 2.50 bits per heavy atom. The van der Waals surface area contributed by atoms with Crippen LogP contribution in [0.15, 0.2) is 29.1 Å². The maximum Gasteiger partial charge on any atom is 0.257 e. The van der Waals surface area contributed by atoms with Crippen LogP contribution in [0.3, 0.4) is 0 Å². The predicted molar refractivity (Wildman–Crippen MR) is 120 cm³/mol. The largest absolute Gasteiger partial charge is 0.359 e. The van der Waals surface area contributed by atoms with Crippen molar-refractivity contribution in [2.24, 2.45) is 0 Å². The Kier molecular flexibility index (Phi) is 7.75. The number of rotatable bonds is 3. The first kappa shape index (κ1) is 22.5. The molecule has 4 rings (SSSR count). The van der Waals surface area contributed by atoms with Crippen molar-refractivity contribution in [2.75, 3.05) is 49.6 Å². The van der Waals surface area contributed by atoms with Gasteiger partial charge in [0.05, 0.1) is 5.56 Å². The predicted octanol–water partition coefficient (Wildman–Crippen LogP) is 2.63. The second-order valence-electron chi connectivity index (χ2n) is 7.41. The average molecular weight is 426 g/mol. The molecular formula is C20H29Cl2N5O. The lowest BCUT2D eigenvalue weighted by Crippen LogP contribution is -2.47. The Balaban J connectivity index is 0.00000140. The molecule has 1 saturated heterocycles. The van der Waals surface area contributed by atoms with E-state index in [2.05, 4.69) is 50.9 Å². The summed E-state index contributed by atoms with van der Waals surface area (Å²) in [6, 6.07) is 8.58. The van der Waals surface area contributed by atoms with E-state index in [0.717, 1.165) is 69.4 Å². The van der Waals surface area contributed by atoms with Gasteiger partial charge >= 0.3 is 0 Å². The van der Waals surface area contributed by atoms with E-state index in [4.69, 9.17) is 4.98 Å². The molecule has 0 radical (unpaired) electrons. The lowest BCUT2D eigenvalue weighted by atomic mass is 10.1. The Bertz CT molecular complexity index is 849. The molecule has 2 aromatic rings. The van der Waals surface area contributed by atoms with Gasteiger partial charge < -0.3 is 9.80 Å². The van der Waals surface area contributed by atoms with Gasteiger partial charge in [-0.3, -0.25) is 14.7 Å². The van der Waals surface area contributed by atoms with Crippen molar-refractivity contribution in [3.05, 3.63) is 51.3 Å². The quantitative estimate of drug-likeness (QED) is 0.818. The number of H-pyrrole nitrogens is 1. The fraction of sp³-hybridized carbons (Fsp3) is 0.500. The van der Waals surface area contributed by atoms with Crippen LogP contribution in [0.25, 0.3) is 0 Å². The van der Waals surface area contributed by atoms with Crippen LogP contribution in [0.4, 0.5) is 11.8 Å². The Morgan fingerprint density at radius 2 is 1.79 bits per heavy atom. The molecule has 0 bridgehead atoms. The summed E-state index contributed by atoms with van der Waals surface area (Å²) in [5.41, 5.74) is 3.60. The molecule has 8 heteroatoms. The second-order valence-corrected chi connectivity index (χ2v) is 7.41. The maximum absolute atomic E-state index is 12.5. The monoisotopic (exact) mass is 425 g/mol. The third-order valence-electron chi connectivity index (χ3n) is 5.59. The summed E-state index contributed by atoms with van der Waals surface area (Å²) in [5, 5.41) is 0. The van der Waals surface area contributed by atoms with Gasteiger partial charge in [0.2, 0.25) is 5.95 Å². The molecule has 28 heavy (non-hydrogen) atoms. The second kappa shape index (κ2) is 9.63. The number of nitrogens with zero attached hydrogens (tertiary/aromatic N) is 4. The van der Waals surface area contributed by atoms with Crippen LogP contribution in [-0.4, -0.2) is 54.6 Å². The number of halogens is 2. The number of hydrogen-bond donors (Lipinski definition) is 1. The lowest BCUT2D eigenvalue weighted by Gasteiger charge is -2.36. The Labute approximate surface area is 178 Å². The minimum absolute atomic E-state index is 0. The number of anilines is 2. The fourth-order valence-corrected chi connectivity index (χ4v) is 3.91. The highest BCUT2D eigenvalue weighted by molar-refractivity contribution is 5.85. The first-order chi connectivity index (χ1) is 12.6. The first-order valence-electron chi connectivity index (χ1n) is 9.48. The van der Waals surface area contributed by atoms with Gasteiger partial charge in [0.25, 0.3) is 5.56 Å². The van der Waals surface area contributed by atoms with Gasteiger partial charge in [0.1, 0.15) is 5.82 Å². The van der Waals surface area contributed by atoms with Gasteiger partial charge in [-0.15, -0.1) is 24.8 Å². The molecule has 1 fully saturated rings. The number of piperazine rings is 1. The smallest absolute Gasteiger partial charge is 0.257 e. The van der Waals surface area contributed by atoms with Crippen LogP contribution in [0.2, 0.25) is 0 Å². The molecule has 0 unspecified atom stereocenters. The summed E-state index contributed by atoms with van der Waals surface area (Å²) in [6.07, 6.45) is 1.84. The van der Waals surface area contributed by atoms with Gasteiger partial charge in [-0.05, 0) is 30.9 Å². The van der Waals surface area contributed by atoms with Gasteiger partial charge in [-0.2, -0.15) is 4.98 Å². The van der Waals surface area contributed by atoms with E-state index in [1.807, 2.05) is 7.05 Å². The van der Waals surface area contributed by atoms with Gasteiger partial charge in [-0.25, -0.2) is 0 Å². The molecule has 0 spiro atoms. The molecule has 2 aliphatic heterocycles. The highest BCUT2D eigenvalue weighted by Crippen LogP contribution is 2.23. The number of aromatic nitrogens is 2. The third-order valence-corrected chi connectivity index (χ3v) is 5.59. The molecule has 0 saturated carbocycles. The number of benzene rings is 1. The van der Waals surface area contributed by atoms with E-state index in [1.165, 1.54) is 11.1 Å². The van der Waals surface area contributed by atoms with E-state index in [0.29, 0.717) is 0 Å². The Morgan fingerprint density at radius 1 is 1.07 bits per heavy atom. The van der Waals surface area contributed by atoms with Crippen LogP contribution in [-0.2, 0) is 13.0 Å². The van der Waals surface area contributed by atoms with Gasteiger partial charge in [-0.1, -0.05) is 24.3 Å². The summed E-state index contributed by atoms with van der Waals surface area (Å²) in [5.74, 6) is 1.58. The normalized spacial score (nSPS) is 16.8. The minimum atomic E-state index is 0. The van der Waals surface area contributed by atoms with Crippen molar-refractivity contribution in [3.63, 3.8) is 0 Å². The summed E-state index contributed by atoms with van der Waals surface area (Å²) in [6.45, 7) is 7.85. The van der Waals surface area contributed by atoms with Crippen LogP contribution in [0.1, 0.15) is 23.1 Å². The molecule has 1 aromatic heterocycles. The molecule has 1 aromatic carbocycles. The molecule has 2 aliphatic rings. The van der Waals surface area contributed by atoms with E-state index in [9.17, 15) is 4.79 Å². The number of aromatic amines is 1. The molecule has 3 heterocycles. The van der Waals surface area contributed by atoms with Crippen molar-refractivity contribution in [1.29, 1.82) is 0 Å². The molecule has 0 aliphatic carbocycles. The van der Waals surface area contributed by atoms with Crippen molar-refractivity contribution >= 4 is 36.6 Å². The zero-order valence-corrected chi connectivity index (χ0v) is 18.1. The standard InChI is InChI=1S/C20H27N5O.2ClH/c1-15-6-3-4-7-16(15)14-24-10-12-25(13-11-24)20-21-18-17(19(26)22-20)8-5-9-23(18)2;;/h3-4,6-7H,5,8-14H2,1-2H3,(H,21,22,26);2*1H. The molecule has 0 atom stereocenters. The molecule has 6 nitrogen and oxygen atoms in total. The number of fused-ring (bicyclic) bond motifs is 1. The van der Waals surface area contributed by atoms with Crippen LogP contribution in [0, 0.1) is 6.92 Å².